The Hall–Kier alpha value is -1.47. The average molecular weight is 241 g/mol. The van der Waals surface area contributed by atoms with Crippen molar-refractivity contribution >= 4 is 24.0 Å². The predicted octanol–water partition coefficient (Wildman–Crippen LogP) is 0.674. The zero-order valence-electron chi connectivity index (χ0n) is 8.47. The summed E-state index contributed by atoms with van der Waals surface area (Å²) in [5, 5.41) is 15.5. The molecule has 16 heavy (non-hydrogen) atoms. The maximum Gasteiger partial charge on any atom is 0.338 e. The van der Waals surface area contributed by atoms with Gasteiger partial charge >= 0.3 is 5.97 Å². The molecule has 2 heterocycles. The molecule has 1 saturated heterocycles. The van der Waals surface area contributed by atoms with Gasteiger partial charge in [-0.2, -0.15) is 5.10 Å². The number of carbonyl (C=O) groups is 1. The molecular formula is C9H11N3O3S. The fraction of sp³-hybridized carbons (Fsp3) is 0.444. The number of nitrogens with zero attached hydrogens (tertiary/aromatic N) is 2. The molecule has 2 rings (SSSR count). The van der Waals surface area contributed by atoms with Crippen LogP contribution in [0.25, 0.3) is 0 Å². The first-order chi connectivity index (χ1) is 7.68. The van der Waals surface area contributed by atoms with Crippen molar-refractivity contribution < 1.29 is 14.6 Å². The Kier molecular flexibility index (Phi) is 3.16. The molecule has 0 spiro atoms. The van der Waals surface area contributed by atoms with Gasteiger partial charge in [0.1, 0.15) is 10.5 Å². The number of aromatic carboxylic acids is 1. The third-order valence-electron chi connectivity index (χ3n) is 2.36. The number of hydrogen-bond donors (Lipinski definition) is 2. The van der Waals surface area contributed by atoms with Crippen molar-refractivity contribution in [1.82, 2.24) is 10.2 Å². The number of H-pyrrole nitrogens is 1. The van der Waals surface area contributed by atoms with Gasteiger partial charge in [0.2, 0.25) is 0 Å². The number of carboxylic acid groups (broad SMARTS) is 1. The van der Waals surface area contributed by atoms with Crippen molar-refractivity contribution in [2.75, 3.05) is 31.2 Å². The highest BCUT2D eigenvalue weighted by molar-refractivity contribution is 7.71. The van der Waals surface area contributed by atoms with Gasteiger partial charge in [-0.3, -0.25) is 5.10 Å². The summed E-state index contributed by atoms with van der Waals surface area (Å²) < 4.78 is 5.35. The van der Waals surface area contributed by atoms with Gasteiger partial charge in [-0.05, 0) is 6.07 Å². The lowest BCUT2D eigenvalue weighted by molar-refractivity contribution is 0.0695. The largest absolute Gasteiger partial charge is 0.478 e. The third-order valence-corrected chi connectivity index (χ3v) is 2.67. The van der Waals surface area contributed by atoms with Gasteiger partial charge in [0, 0.05) is 13.1 Å². The normalized spacial score (nSPS) is 16.1. The monoisotopic (exact) mass is 241 g/mol. The molecule has 0 radical (unpaired) electrons. The molecule has 0 unspecified atom stereocenters. The first kappa shape index (κ1) is 11.0. The van der Waals surface area contributed by atoms with E-state index in [2.05, 4.69) is 10.2 Å². The summed E-state index contributed by atoms with van der Waals surface area (Å²) in [6.45, 7) is 2.66. The van der Waals surface area contributed by atoms with Crippen LogP contribution < -0.4 is 4.90 Å². The minimum atomic E-state index is -1.04. The molecular weight excluding hydrogens is 230 g/mol. The summed E-state index contributed by atoms with van der Waals surface area (Å²) in [6, 6.07) is 1.49. The summed E-state index contributed by atoms with van der Waals surface area (Å²) in [4.78, 5) is 12.9. The topological polar surface area (TPSA) is 78.4 Å². The van der Waals surface area contributed by atoms with E-state index in [4.69, 9.17) is 22.1 Å². The molecule has 0 atom stereocenters. The molecule has 7 heteroatoms. The Morgan fingerprint density at radius 1 is 1.56 bits per heavy atom. The van der Waals surface area contributed by atoms with Gasteiger partial charge in [0.05, 0.1) is 18.8 Å². The van der Waals surface area contributed by atoms with Crippen LogP contribution in [0, 0.1) is 4.64 Å². The van der Waals surface area contributed by atoms with E-state index < -0.39 is 5.97 Å². The fourth-order valence-corrected chi connectivity index (χ4v) is 1.70. The molecule has 1 aliphatic rings. The Bertz CT molecular complexity index is 454. The zero-order chi connectivity index (χ0) is 11.5. The number of aromatic nitrogens is 2. The number of morpholine rings is 1. The van der Waals surface area contributed by atoms with Crippen LogP contribution in [0.2, 0.25) is 0 Å². The minimum Gasteiger partial charge on any atom is -0.478 e. The molecule has 0 aliphatic carbocycles. The molecule has 1 fully saturated rings. The molecule has 2 N–H and O–H groups in total. The summed E-state index contributed by atoms with van der Waals surface area (Å²) in [6.07, 6.45) is 0. The fourth-order valence-electron chi connectivity index (χ4n) is 1.51. The van der Waals surface area contributed by atoms with Crippen molar-refractivity contribution in [1.29, 1.82) is 0 Å². The van der Waals surface area contributed by atoms with E-state index in [1.165, 1.54) is 6.07 Å². The second kappa shape index (κ2) is 4.58. The van der Waals surface area contributed by atoms with Gasteiger partial charge in [-0.1, -0.05) is 12.2 Å². The van der Waals surface area contributed by atoms with Crippen LogP contribution in [0.5, 0.6) is 0 Å². The highest BCUT2D eigenvalue weighted by atomic mass is 32.1. The lowest BCUT2D eigenvalue weighted by Gasteiger charge is -2.27. The van der Waals surface area contributed by atoms with Gasteiger partial charge < -0.3 is 14.7 Å². The first-order valence-corrected chi connectivity index (χ1v) is 5.25. The smallest absolute Gasteiger partial charge is 0.338 e. The van der Waals surface area contributed by atoms with Crippen LogP contribution in [0.4, 0.5) is 5.82 Å². The van der Waals surface area contributed by atoms with E-state index in [9.17, 15) is 4.79 Å². The minimum absolute atomic E-state index is 0.0755. The summed E-state index contributed by atoms with van der Waals surface area (Å²) in [7, 11) is 0. The summed E-state index contributed by atoms with van der Waals surface area (Å²) in [5.74, 6) is -0.451. The van der Waals surface area contributed by atoms with Crippen molar-refractivity contribution in [2.24, 2.45) is 0 Å². The zero-order valence-corrected chi connectivity index (χ0v) is 9.29. The molecule has 1 aromatic rings. The van der Waals surface area contributed by atoms with Crippen LogP contribution in [0.3, 0.4) is 0 Å². The summed E-state index contributed by atoms with van der Waals surface area (Å²) in [5.41, 5.74) is 0.0755. The molecule has 6 nitrogen and oxygen atoms in total. The molecule has 86 valence electrons. The highest BCUT2D eigenvalue weighted by Crippen LogP contribution is 2.13. The summed E-state index contributed by atoms with van der Waals surface area (Å²) >= 11 is 4.85. The van der Waals surface area contributed by atoms with Crippen molar-refractivity contribution in [2.45, 2.75) is 0 Å². The highest BCUT2D eigenvalue weighted by Gasteiger charge is 2.15. The Labute approximate surface area is 96.8 Å². The molecule has 0 amide bonds. The van der Waals surface area contributed by atoms with Crippen LogP contribution in [-0.4, -0.2) is 47.6 Å². The van der Waals surface area contributed by atoms with E-state index in [0.717, 1.165) is 0 Å². The molecule has 0 aromatic carbocycles. The van der Waals surface area contributed by atoms with Gasteiger partial charge in [0.25, 0.3) is 0 Å². The molecule has 1 aromatic heterocycles. The second-order valence-electron chi connectivity index (χ2n) is 3.37. The number of rotatable bonds is 2. The SMILES string of the molecule is O=C(O)c1cc(N2CCOCC2)n[nH]c1=S. The average Bonchev–Trinajstić information content (AvgIpc) is 2.30. The number of aromatic amines is 1. The Morgan fingerprint density at radius 3 is 2.88 bits per heavy atom. The number of hydrogen-bond acceptors (Lipinski definition) is 5. The lowest BCUT2D eigenvalue weighted by Crippen LogP contribution is -2.37. The van der Waals surface area contributed by atoms with Crippen LogP contribution in [-0.2, 0) is 4.74 Å². The van der Waals surface area contributed by atoms with Gasteiger partial charge in [-0.15, -0.1) is 0 Å². The molecule has 1 aliphatic heterocycles. The lowest BCUT2D eigenvalue weighted by atomic mass is 10.3. The second-order valence-corrected chi connectivity index (χ2v) is 3.78. The van der Waals surface area contributed by atoms with E-state index >= 15 is 0 Å². The standard InChI is InChI=1S/C9H11N3O3S/c13-9(14)6-5-7(10-11-8(6)16)12-1-3-15-4-2-12/h5H,1-4H2,(H,11,16)(H,13,14). The van der Waals surface area contributed by atoms with Crippen molar-refractivity contribution in [3.8, 4) is 0 Å². The van der Waals surface area contributed by atoms with E-state index in [0.29, 0.717) is 32.1 Å². The van der Waals surface area contributed by atoms with Gasteiger partial charge in [-0.25, -0.2) is 4.79 Å². The third kappa shape index (κ3) is 2.20. The van der Waals surface area contributed by atoms with E-state index in [1.807, 2.05) is 4.90 Å². The van der Waals surface area contributed by atoms with Crippen LogP contribution in [0.1, 0.15) is 10.4 Å². The predicted molar refractivity (Wildman–Crippen MR) is 59.4 cm³/mol. The number of ether oxygens (including phenoxy) is 1. The Morgan fingerprint density at radius 2 is 2.25 bits per heavy atom. The molecule has 0 bridgehead atoms. The van der Waals surface area contributed by atoms with Crippen molar-refractivity contribution in [3.05, 3.63) is 16.3 Å². The van der Waals surface area contributed by atoms with Crippen molar-refractivity contribution in [3.63, 3.8) is 0 Å². The first-order valence-electron chi connectivity index (χ1n) is 4.84. The van der Waals surface area contributed by atoms with E-state index in [1.54, 1.807) is 0 Å². The number of anilines is 1. The van der Waals surface area contributed by atoms with Crippen LogP contribution in [0.15, 0.2) is 6.07 Å². The van der Waals surface area contributed by atoms with Gasteiger partial charge in [0.15, 0.2) is 0 Å². The van der Waals surface area contributed by atoms with E-state index in [-0.39, 0.29) is 10.2 Å². The number of nitrogens with one attached hydrogen (secondary N) is 1. The maximum absolute atomic E-state index is 10.9. The molecule has 0 saturated carbocycles. The quantitative estimate of drug-likeness (QED) is 0.741. The number of carboxylic acids is 1. The Balaban J connectivity index is 2.31. The maximum atomic E-state index is 10.9. The van der Waals surface area contributed by atoms with Crippen LogP contribution >= 0.6 is 12.2 Å².